The second-order valence-corrected chi connectivity index (χ2v) is 7.58. The Kier molecular flexibility index (Phi) is 5.04. The van der Waals surface area contributed by atoms with Crippen molar-refractivity contribution in [3.63, 3.8) is 0 Å². The summed E-state index contributed by atoms with van der Waals surface area (Å²) in [6.45, 7) is 7.08. The minimum Gasteiger partial charge on any atom is -0.300 e. The van der Waals surface area contributed by atoms with Crippen LogP contribution in [0, 0.1) is 12.8 Å². The fraction of sp³-hybridized carbons (Fsp3) is 0.562. The zero-order chi connectivity index (χ0) is 16.4. The van der Waals surface area contributed by atoms with Gasteiger partial charge in [-0.2, -0.15) is 13.1 Å². The fourth-order valence-electron chi connectivity index (χ4n) is 2.84. The molecule has 1 heterocycles. The number of carbonyl (C=O) groups excluding carboxylic acids is 1. The lowest BCUT2D eigenvalue weighted by Crippen LogP contribution is -2.54. The molecule has 0 bridgehead atoms. The van der Waals surface area contributed by atoms with Crippen LogP contribution in [-0.2, 0) is 19.2 Å². The zero-order valence-electron chi connectivity index (χ0n) is 13.4. The van der Waals surface area contributed by atoms with Gasteiger partial charge in [0.25, 0.3) is 0 Å². The van der Waals surface area contributed by atoms with Gasteiger partial charge in [-0.05, 0) is 32.9 Å². The number of rotatable bonds is 5. The van der Waals surface area contributed by atoms with Crippen LogP contribution < -0.4 is 0 Å². The summed E-state index contributed by atoms with van der Waals surface area (Å²) in [5.41, 5.74) is 1.00. The van der Waals surface area contributed by atoms with Crippen molar-refractivity contribution in [3.05, 3.63) is 29.8 Å². The first-order chi connectivity index (χ1) is 10.3. The molecule has 1 aliphatic heterocycles. The number of hydrogen-bond donors (Lipinski definition) is 0. The van der Waals surface area contributed by atoms with Gasteiger partial charge < -0.3 is 0 Å². The highest BCUT2D eigenvalue weighted by Crippen LogP contribution is 2.28. The van der Waals surface area contributed by atoms with Crippen molar-refractivity contribution in [2.45, 2.75) is 38.5 Å². The molecular formula is C16H24NO4S+. The number of nitrogens with zero attached hydrogens (tertiary/aromatic N) is 1. The average molecular weight is 326 g/mol. The molecule has 0 spiro atoms. The number of ketones is 1. The topological polar surface area (TPSA) is 60.4 Å². The summed E-state index contributed by atoms with van der Waals surface area (Å²) in [7, 11) is -3.80. The lowest BCUT2D eigenvalue weighted by molar-refractivity contribution is -1.08. The zero-order valence-corrected chi connectivity index (χ0v) is 14.2. The summed E-state index contributed by atoms with van der Waals surface area (Å²) in [4.78, 5) is 11.6. The molecule has 0 radical (unpaired) electrons. The van der Waals surface area contributed by atoms with Gasteiger partial charge in [0.2, 0.25) is 0 Å². The number of hydrogen-bond acceptors (Lipinski definition) is 4. The first-order valence-corrected chi connectivity index (χ1v) is 9.08. The maximum atomic E-state index is 12.5. The van der Waals surface area contributed by atoms with E-state index in [9.17, 15) is 13.2 Å². The van der Waals surface area contributed by atoms with Gasteiger partial charge in [-0.15, -0.1) is 0 Å². The third kappa shape index (κ3) is 3.74. The predicted molar refractivity (Wildman–Crippen MR) is 83.4 cm³/mol. The van der Waals surface area contributed by atoms with Gasteiger partial charge in [-0.25, -0.2) is 0 Å². The molecular weight excluding hydrogens is 302 g/mol. The Bertz CT molecular complexity index is 629. The van der Waals surface area contributed by atoms with Crippen LogP contribution in [0.5, 0.6) is 0 Å². The number of carbonyl (C=O) groups is 1. The van der Waals surface area contributed by atoms with Gasteiger partial charge in [-0.1, -0.05) is 22.0 Å². The molecule has 1 saturated heterocycles. The minimum atomic E-state index is -3.80. The lowest BCUT2D eigenvalue weighted by Gasteiger charge is -2.38. The van der Waals surface area contributed by atoms with Crippen LogP contribution in [0.2, 0.25) is 0 Å². The Morgan fingerprint density at radius 2 is 1.77 bits per heavy atom. The van der Waals surface area contributed by atoms with E-state index >= 15 is 0 Å². The monoisotopic (exact) mass is 326 g/mol. The van der Waals surface area contributed by atoms with Gasteiger partial charge >= 0.3 is 10.1 Å². The van der Waals surface area contributed by atoms with Crippen LogP contribution in [-0.4, -0.2) is 38.5 Å². The van der Waals surface area contributed by atoms with Crippen molar-refractivity contribution in [2.24, 2.45) is 5.92 Å². The first kappa shape index (κ1) is 17.1. The molecule has 2 rings (SSSR count). The van der Waals surface area contributed by atoms with Gasteiger partial charge in [0, 0.05) is 18.8 Å². The molecule has 1 fully saturated rings. The van der Waals surface area contributed by atoms with Gasteiger partial charge in [-0.3, -0.25) is 4.79 Å². The van der Waals surface area contributed by atoms with E-state index in [2.05, 4.69) is 0 Å². The lowest BCUT2D eigenvalue weighted by atomic mass is 9.93. The van der Waals surface area contributed by atoms with E-state index < -0.39 is 10.1 Å². The van der Waals surface area contributed by atoms with Gasteiger partial charge in [0.15, 0.2) is 0 Å². The van der Waals surface area contributed by atoms with E-state index in [1.165, 1.54) is 0 Å². The third-order valence-electron chi connectivity index (χ3n) is 4.49. The number of aryl methyl sites for hydroxylation is 1. The van der Waals surface area contributed by atoms with Crippen molar-refractivity contribution in [2.75, 3.05) is 19.6 Å². The summed E-state index contributed by atoms with van der Waals surface area (Å²) < 4.78 is 30.6. The summed E-state index contributed by atoms with van der Waals surface area (Å²) in [5, 5.41) is 0. The second-order valence-electron chi connectivity index (χ2n) is 6.05. The Morgan fingerprint density at radius 1 is 1.23 bits per heavy atom. The van der Waals surface area contributed by atoms with E-state index in [-0.39, 0.29) is 21.2 Å². The molecule has 0 amide bonds. The maximum absolute atomic E-state index is 12.5. The molecule has 0 unspecified atom stereocenters. The van der Waals surface area contributed by atoms with E-state index in [4.69, 9.17) is 4.28 Å². The van der Waals surface area contributed by atoms with Crippen LogP contribution in [0.15, 0.2) is 29.2 Å². The minimum absolute atomic E-state index is 0.0310. The molecule has 1 aromatic carbocycles. The Hall–Kier alpha value is -1.24. The molecule has 1 aromatic rings. The smallest absolute Gasteiger partial charge is 0.300 e. The first-order valence-electron chi connectivity index (χ1n) is 7.67. The highest BCUT2D eigenvalue weighted by molar-refractivity contribution is 7.86. The fourth-order valence-corrected chi connectivity index (χ4v) is 4.07. The van der Waals surface area contributed by atoms with Crippen molar-refractivity contribution in [3.8, 4) is 0 Å². The van der Waals surface area contributed by atoms with Crippen LogP contribution in [0.25, 0.3) is 0 Å². The number of Topliss-reactive ketones (excluding diaryl/α,β-unsaturated/α-hetero) is 1. The van der Waals surface area contributed by atoms with E-state index in [1.54, 1.807) is 31.2 Å². The Morgan fingerprint density at radius 3 is 2.23 bits per heavy atom. The van der Waals surface area contributed by atoms with Crippen molar-refractivity contribution >= 4 is 15.9 Å². The highest BCUT2D eigenvalue weighted by atomic mass is 32.2. The molecule has 6 heteroatoms. The summed E-state index contributed by atoms with van der Waals surface area (Å²) in [5.74, 6) is 0.207. The van der Waals surface area contributed by atoms with Crippen LogP contribution in [0.4, 0.5) is 0 Å². The number of piperidine rings is 1. The van der Waals surface area contributed by atoms with E-state index in [0.29, 0.717) is 32.5 Å². The molecule has 0 aliphatic carbocycles. The van der Waals surface area contributed by atoms with Crippen molar-refractivity contribution in [1.82, 2.24) is 0 Å². The van der Waals surface area contributed by atoms with Gasteiger partial charge in [0.05, 0.1) is 4.90 Å². The van der Waals surface area contributed by atoms with E-state index in [0.717, 1.165) is 5.56 Å². The van der Waals surface area contributed by atoms with Gasteiger partial charge in [0.1, 0.15) is 25.4 Å². The number of hydroxylamine groups is 3. The number of quaternary nitrogens is 1. The van der Waals surface area contributed by atoms with Crippen LogP contribution in [0.1, 0.15) is 32.3 Å². The summed E-state index contributed by atoms with van der Waals surface area (Å²) >= 11 is 0. The highest BCUT2D eigenvalue weighted by Gasteiger charge is 2.40. The number of likely N-dealkylation sites (tertiary alicyclic amines) is 1. The Balaban J connectivity index is 2.16. The standard InChI is InChI=1S/C16H24NO4S/c1-4-17(11-9-15(10-12-17)14(3)18)21-22(19,20)16-7-5-13(2)6-8-16/h5-8,15H,4,9-12H2,1-3H3/q+1. The molecule has 0 N–H and O–H groups in total. The predicted octanol–water partition coefficient (Wildman–Crippen LogP) is 2.45. The number of benzene rings is 1. The molecule has 5 nitrogen and oxygen atoms in total. The summed E-state index contributed by atoms with van der Waals surface area (Å²) in [6.07, 6.45) is 1.35. The third-order valence-corrected chi connectivity index (χ3v) is 5.85. The SMILES string of the molecule is CC[N+]1(OS(=O)(=O)c2ccc(C)cc2)CCC(C(C)=O)CC1. The summed E-state index contributed by atoms with van der Waals surface area (Å²) in [6, 6.07) is 6.65. The normalized spacial score (nSPS) is 25.9. The van der Waals surface area contributed by atoms with E-state index in [1.807, 2.05) is 13.8 Å². The average Bonchev–Trinajstić information content (AvgIpc) is 2.47. The van der Waals surface area contributed by atoms with Crippen molar-refractivity contribution < 1.29 is 22.1 Å². The van der Waals surface area contributed by atoms with Crippen LogP contribution >= 0.6 is 0 Å². The Labute approximate surface area is 132 Å². The maximum Gasteiger partial charge on any atom is 0.342 e. The second kappa shape index (κ2) is 6.48. The molecule has 122 valence electrons. The molecule has 1 aliphatic rings. The quantitative estimate of drug-likeness (QED) is 0.780. The largest absolute Gasteiger partial charge is 0.342 e. The van der Waals surface area contributed by atoms with Crippen LogP contribution in [0.3, 0.4) is 0 Å². The molecule has 0 saturated carbocycles. The molecule has 0 aromatic heterocycles. The van der Waals surface area contributed by atoms with Crippen molar-refractivity contribution in [1.29, 1.82) is 0 Å². The molecule has 0 atom stereocenters. The molecule has 22 heavy (non-hydrogen) atoms.